The monoisotopic (exact) mass is 307 g/mol. The van der Waals surface area contributed by atoms with Gasteiger partial charge in [-0.3, -0.25) is 14.4 Å². The van der Waals surface area contributed by atoms with Crippen LogP contribution in [0.4, 0.5) is 0 Å². The summed E-state index contributed by atoms with van der Waals surface area (Å²) in [5, 5.41) is 0. The van der Waals surface area contributed by atoms with Gasteiger partial charge in [0.05, 0.1) is 25.3 Å². The summed E-state index contributed by atoms with van der Waals surface area (Å²) in [6.07, 6.45) is 1.70. The number of carbonyl (C=O) groups excluding carboxylic acids is 3. The van der Waals surface area contributed by atoms with Gasteiger partial charge in [-0.05, 0) is 26.0 Å². The predicted molar refractivity (Wildman–Crippen MR) is 78.3 cm³/mol. The van der Waals surface area contributed by atoms with Crippen molar-refractivity contribution in [2.45, 2.75) is 32.9 Å². The van der Waals surface area contributed by atoms with E-state index in [-0.39, 0.29) is 30.8 Å². The third-order valence-corrected chi connectivity index (χ3v) is 3.72. The Morgan fingerprint density at radius 1 is 1.50 bits per heavy atom. The maximum atomic E-state index is 12.5. The topological polar surface area (TPSA) is 96.8 Å². The first-order valence-electron chi connectivity index (χ1n) is 7.27. The number of carbonyl (C=O) groups is 3. The third kappa shape index (κ3) is 3.66. The van der Waals surface area contributed by atoms with Crippen molar-refractivity contribution in [1.82, 2.24) is 9.80 Å². The summed E-state index contributed by atoms with van der Waals surface area (Å²) < 4.78 is 5.23. The van der Waals surface area contributed by atoms with Crippen molar-refractivity contribution in [2.24, 2.45) is 11.7 Å². The fraction of sp³-hybridized carbons (Fsp3) is 0.533. The van der Waals surface area contributed by atoms with Crippen LogP contribution in [0.15, 0.2) is 22.8 Å². The summed E-state index contributed by atoms with van der Waals surface area (Å²) in [5.74, 6) is -0.607. The van der Waals surface area contributed by atoms with E-state index in [1.165, 1.54) is 4.90 Å². The van der Waals surface area contributed by atoms with Crippen LogP contribution in [-0.2, 0) is 20.9 Å². The van der Waals surface area contributed by atoms with Crippen LogP contribution in [0.3, 0.4) is 0 Å². The Labute approximate surface area is 129 Å². The van der Waals surface area contributed by atoms with Gasteiger partial charge >= 0.3 is 0 Å². The normalized spacial score (nSPS) is 18.0. The standard InChI is InChI=1S/C15H21N3O4/c1-10(2)18(9-13(16)19)15(21)11-6-14(20)17(7-11)8-12-4-3-5-22-12/h3-5,10-11H,6-9H2,1-2H3,(H2,16,19). The zero-order chi connectivity index (χ0) is 16.3. The second kappa shape index (κ2) is 6.64. The summed E-state index contributed by atoms with van der Waals surface area (Å²) in [7, 11) is 0. The average Bonchev–Trinajstić information content (AvgIpc) is 3.06. The Hall–Kier alpha value is -2.31. The summed E-state index contributed by atoms with van der Waals surface area (Å²) >= 11 is 0. The zero-order valence-electron chi connectivity index (χ0n) is 12.8. The van der Waals surface area contributed by atoms with Gasteiger partial charge in [0.25, 0.3) is 0 Å². The molecule has 1 fully saturated rings. The molecule has 1 aromatic heterocycles. The fourth-order valence-corrected chi connectivity index (χ4v) is 2.60. The van der Waals surface area contributed by atoms with Gasteiger partial charge in [0.1, 0.15) is 5.76 Å². The number of nitrogens with two attached hydrogens (primary N) is 1. The molecular weight excluding hydrogens is 286 g/mol. The second-order valence-corrected chi connectivity index (χ2v) is 5.78. The lowest BCUT2D eigenvalue weighted by molar-refractivity contribution is -0.140. The van der Waals surface area contributed by atoms with Crippen LogP contribution in [0.2, 0.25) is 0 Å². The molecule has 1 atom stereocenters. The van der Waals surface area contributed by atoms with E-state index in [1.807, 2.05) is 13.8 Å². The predicted octanol–water partition coefficient (Wildman–Crippen LogP) is 0.350. The summed E-state index contributed by atoms with van der Waals surface area (Å²) in [6.45, 7) is 4.20. The quantitative estimate of drug-likeness (QED) is 0.820. The first-order chi connectivity index (χ1) is 10.4. The minimum Gasteiger partial charge on any atom is -0.467 e. The Morgan fingerprint density at radius 3 is 2.77 bits per heavy atom. The maximum Gasteiger partial charge on any atom is 0.237 e. The zero-order valence-corrected chi connectivity index (χ0v) is 12.8. The van der Waals surface area contributed by atoms with Gasteiger partial charge in [0.15, 0.2) is 0 Å². The van der Waals surface area contributed by atoms with Gasteiger partial charge in [-0.15, -0.1) is 0 Å². The highest BCUT2D eigenvalue weighted by atomic mass is 16.3. The van der Waals surface area contributed by atoms with Crippen molar-refractivity contribution in [3.8, 4) is 0 Å². The molecule has 0 aliphatic carbocycles. The lowest BCUT2D eigenvalue weighted by Crippen LogP contribution is -2.46. The summed E-state index contributed by atoms with van der Waals surface area (Å²) in [6, 6.07) is 3.40. The van der Waals surface area contributed by atoms with Gasteiger partial charge in [-0.1, -0.05) is 0 Å². The van der Waals surface area contributed by atoms with E-state index >= 15 is 0 Å². The van der Waals surface area contributed by atoms with E-state index in [2.05, 4.69) is 0 Å². The SMILES string of the molecule is CC(C)N(CC(N)=O)C(=O)C1CC(=O)N(Cc2ccco2)C1. The van der Waals surface area contributed by atoms with Crippen LogP contribution in [0.5, 0.6) is 0 Å². The first kappa shape index (κ1) is 16.1. The highest BCUT2D eigenvalue weighted by molar-refractivity contribution is 5.91. The van der Waals surface area contributed by atoms with Crippen LogP contribution < -0.4 is 5.73 Å². The van der Waals surface area contributed by atoms with E-state index in [1.54, 1.807) is 23.3 Å². The average molecular weight is 307 g/mol. The van der Waals surface area contributed by atoms with Crippen molar-refractivity contribution in [1.29, 1.82) is 0 Å². The fourth-order valence-electron chi connectivity index (χ4n) is 2.60. The Morgan fingerprint density at radius 2 is 2.23 bits per heavy atom. The molecule has 2 N–H and O–H groups in total. The van der Waals surface area contributed by atoms with Crippen LogP contribution in [-0.4, -0.2) is 46.7 Å². The molecule has 1 saturated heterocycles. The van der Waals surface area contributed by atoms with E-state index < -0.39 is 11.8 Å². The molecule has 7 nitrogen and oxygen atoms in total. The lowest BCUT2D eigenvalue weighted by atomic mass is 10.1. The number of likely N-dealkylation sites (tertiary alicyclic amines) is 1. The van der Waals surface area contributed by atoms with Gasteiger partial charge in [-0.25, -0.2) is 0 Å². The van der Waals surface area contributed by atoms with Crippen LogP contribution in [0.1, 0.15) is 26.0 Å². The van der Waals surface area contributed by atoms with Crippen LogP contribution >= 0.6 is 0 Å². The second-order valence-electron chi connectivity index (χ2n) is 5.78. The smallest absolute Gasteiger partial charge is 0.237 e. The molecule has 0 aromatic carbocycles. The molecular formula is C15H21N3O4. The van der Waals surface area contributed by atoms with E-state index in [0.29, 0.717) is 18.8 Å². The number of rotatable bonds is 6. The van der Waals surface area contributed by atoms with Crippen molar-refractivity contribution in [3.63, 3.8) is 0 Å². The van der Waals surface area contributed by atoms with E-state index in [4.69, 9.17) is 10.2 Å². The molecule has 22 heavy (non-hydrogen) atoms. The van der Waals surface area contributed by atoms with Crippen molar-refractivity contribution >= 4 is 17.7 Å². The van der Waals surface area contributed by atoms with Gasteiger partial charge < -0.3 is 20.0 Å². The minimum absolute atomic E-state index is 0.0856. The van der Waals surface area contributed by atoms with Crippen molar-refractivity contribution in [2.75, 3.05) is 13.1 Å². The largest absolute Gasteiger partial charge is 0.467 e. The molecule has 3 amide bonds. The number of nitrogens with zero attached hydrogens (tertiary/aromatic N) is 2. The molecule has 2 rings (SSSR count). The molecule has 0 bridgehead atoms. The molecule has 120 valence electrons. The third-order valence-electron chi connectivity index (χ3n) is 3.72. The molecule has 0 saturated carbocycles. The van der Waals surface area contributed by atoms with Crippen LogP contribution in [0.25, 0.3) is 0 Å². The molecule has 1 aromatic rings. The number of amides is 3. The Balaban J connectivity index is 2.02. The number of primary amides is 1. The number of hydrogen-bond donors (Lipinski definition) is 1. The van der Waals surface area contributed by atoms with Gasteiger partial charge in [-0.2, -0.15) is 0 Å². The highest BCUT2D eigenvalue weighted by Gasteiger charge is 2.37. The molecule has 1 unspecified atom stereocenters. The molecule has 0 radical (unpaired) electrons. The Bertz CT molecular complexity index is 553. The number of furan rings is 1. The van der Waals surface area contributed by atoms with E-state index in [9.17, 15) is 14.4 Å². The maximum absolute atomic E-state index is 12.5. The molecule has 1 aliphatic rings. The molecule has 2 heterocycles. The Kier molecular flexibility index (Phi) is 4.85. The molecule has 1 aliphatic heterocycles. The van der Waals surface area contributed by atoms with Crippen molar-refractivity contribution in [3.05, 3.63) is 24.2 Å². The summed E-state index contributed by atoms with van der Waals surface area (Å²) in [4.78, 5) is 38.7. The van der Waals surface area contributed by atoms with Crippen LogP contribution in [0, 0.1) is 5.92 Å². The number of hydrogen-bond acceptors (Lipinski definition) is 4. The highest BCUT2D eigenvalue weighted by Crippen LogP contribution is 2.23. The summed E-state index contributed by atoms with van der Waals surface area (Å²) in [5.41, 5.74) is 5.19. The minimum atomic E-state index is -0.557. The molecule has 7 heteroatoms. The van der Waals surface area contributed by atoms with Gasteiger partial charge in [0, 0.05) is 19.0 Å². The molecule has 0 spiro atoms. The van der Waals surface area contributed by atoms with Crippen molar-refractivity contribution < 1.29 is 18.8 Å². The van der Waals surface area contributed by atoms with Gasteiger partial charge in [0.2, 0.25) is 17.7 Å². The first-order valence-corrected chi connectivity index (χ1v) is 7.27. The van der Waals surface area contributed by atoms with E-state index in [0.717, 1.165) is 0 Å². The lowest BCUT2D eigenvalue weighted by Gasteiger charge is -2.28.